The number of hydrogen-bond acceptors (Lipinski definition) is 3. The minimum atomic E-state index is -0.143. The van der Waals surface area contributed by atoms with Crippen LogP contribution in [-0.4, -0.2) is 11.0 Å². The van der Waals surface area contributed by atoms with Gasteiger partial charge in [-0.05, 0) is 73.6 Å². The number of hydrazine groups is 1. The predicted molar refractivity (Wildman–Crippen MR) is 104 cm³/mol. The Morgan fingerprint density at radius 1 is 1.29 bits per heavy atom. The summed E-state index contributed by atoms with van der Waals surface area (Å²) in [6, 6.07) is 9.91. The molecule has 1 amide bonds. The average Bonchev–Trinajstić information content (AvgIpc) is 2.95. The molecule has 24 heavy (non-hydrogen) atoms. The van der Waals surface area contributed by atoms with E-state index in [0.29, 0.717) is 11.0 Å². The van der Waals surface area contributed by atoms with E-state index in [1.807, 2.05) is 37.3 Å². The van der Waals surface area contributed by atoms with Gasteiger partial charge in [0.15, 0.2) is 5.11 Å². The lowest BCUT2D eigenvalue weighted by molar-refractivity contribution is 0.0948. The van der Waals surface area contributed by atoms with Gasteiger partial charge in [0.2, 0.25) is 0 Å². The maximum Gasteiger partial charge on any atom is 0.279 e. The van der Waals surface area contributed by atoms with E-state index in [-0.39, 0.29) is 5.91 Å². The molecule has 0 saturated carbocycles. The number of carbonyl (C=O) groups excluding carboxylic acids is 1. The fourth-order valence-electron chi connectivity index (χ4n) is 2.88. The Morgan fingerprint density at radius 3 is 2.92 bits per heavy atom. The first-order chi connectivity index (χ1) is 11.5. The molecule has 126 valence electrons. The minimum absolute atomic E-state index is 0.143. The monoisotopic (exact) mass is 359 g/mol. The predicted octanol–water partition coefficient (Wildman–Crippen LogP) is 3.81. The highest BCUT2D eigenvalue weighted by Gasteiger charge is 2.20. The van der Waals surface area contributed by atoms with Gasteiger partial charge in [0, 0.05) is 10.6 Å². The summed E-state index contributed by atoms with van der Waals surface area (Å²) in [5.41, 5.74) is 8.80. The number of hydrogen-bond donors (Lipinski definition) is 3. The van der Waals surface area contributed by atoms with Gasteiger partial charge < -0.3 is 5.32 Å². The molecule has 0 spiro atoms. The normalized spacial score (nSPS) is 16.2. The van der Waals surface area contributed by atoms with Crippen LogP contribution in [0.4, 0.5) is 5.69 Å². The van der Waals surface area contributed by atoms with Crippen molar-refractivity contribution in [2.24, 2.45) is 5.92 Å². The lowest BCUT2D eigenvalue weighted by Crippen LogP contribution is -2.43. The van der Waals surface area contributed by atoms with Crippen LogP contribution in [0.3, 0.4) is 0 Å². The molecule has 1 aliphatic carbocycles. The van der Waals surface area contributed by atoms with Crippen LogP contribution in [0.5, 0.6) is 0 Å². The van der Waals surface area contributed by atoms with Crippen LogP contribution in [0.15, 0.2) is 30.3 Å². The number of amides is 1. The highest BCUT2D eigenvalue weighted by atomic mass is 32.1. The number of benzene rings is 1. The number of anilines is 1. The van der Waals surface area contributed by atoms with Crippen molar-refractivity contribution in [3.8, 4) is 0 Å². The average molecular weight is 360 g/mol. The Bertz CT molecular complexity index is 769. The number of nitrogens with one attached hydrogen (secondary N) is 3. The van der Waals surface area contributed by atoms with Gasteiger partial charge in [-0.2, -0.15) is 0 Å². The van der Waals surface area contributed by atoms with Crippen LogP contribution < -0.4 is 16.2 Å². The molecule has 0 aliphatic heterocycles. The molecule has 0 bridgehead atoms. The maximum atomic E-state index is 12.3. The molecule has 0 saturated heterocycles. The summed E-state index contributed by atoms with van der Waals surface area (Å²) in [4.78, 5) is 14.4. The van der Waals surface area contributed by atoms with Crippen LogP contribution in [0.25, 0.3) is 0 Å². The summed E-state index contributed by atoms with van der Waals surface area (Å²) in [5.74, 6) is 0.558. The van der Waals surface area contributed by atoms with Gasteiger partial charge >= 0.3 is 0 Å². The lowest BCUT2D eigenvalue weighted by Gasteiger charge is -2.16. The molecule has 0 unspecified atom stereocenters. The molecule has 2 aromatic rings. The molecule has 4 nitrogen and oxygen atoms in total. The molecule has 1 aliphatic rings. The quantitative estimate of drug-likeness (QED) is 0.564. The van der Waals surface area contributed by atoms with Crippen LogP contribution >= 0.6 is 23.6 Å². The summed E-state index contributed by atoms with van der Waals surface area (Å²) in [6.45, 7) is 4.28. The number of fused-ring (bicyclic) bond motifs is 1. The number of carbonyl (C=O) groups is 1. The summed E-state index contributed by atoms with van der Waals surface area (Å²) in [7, 11) is 0. The Balaban J connectivity index is 1.55. The van der Waals surface area contributed by atoms with E-state index >= 15 is 0 Å². The third-order valence-electron chi connectivity index (χ3n) is 4.12. The zero-order valence-corrected chi connectivity index (χ0v) is 15.4. The zero-order chi connectivity index (χ0) is 17.1. The second kappa shape index (κ2) is 7.32. The third-order valence-corrected chi connectivity index (χ3v) is 5.56. The van der Waals surface area contributed by atoms with Gasteiger partial charge in [0.1, 0.15) is 0 Å². The molecular weight excluding hydrogens is 338 g/mol. The standard InChI is InChI=1S/C18H21N3OS2/c1-11-4-3-5-14(9-11)19-18(23)21-20-17(22)16-10-13-8-12(2)6-7-15(13)24-16/h3-5,9-10,12H,6-8H2,1-2H3,(H,20,22)(H2,19,21,23)/t12-/m0/s1. The van der Waals surface area contributed by atoms with Crippen LogP contribution in [-0.2, 0) is 12.8 Å². The van der Waals surface area contributed by atoms with E-state index in [1.54, 1.807) is 11.3 Å². The van der Waals surface area contributed by atoms with Gasteiger partial charge in [-0.15, -0.1) is 11.3 Å². The van der Waals surface area contributed by atoms with E-state index in [0.717, 1.165) is 29.0 Å². The highest BCUT2D eigenvalue weighted by Crippen LogP contribution is 2.32. The molecule has 0 fully saturated rings. The van der Waals surface area contributed by atoms with Crippen molar-refractivity contribution in [2.75, 3.05) is 5.32 Å². The second-order valence-corrected chi connectivity index (χ2v) is 7.85. The van der Waals surface area contributed by atoms with Crippen LogP contribution in [0.1, 0.15) is 39.0 Å². The Kier molecular flexibility index (Phi) is 5.16. The van der Waals surface area contributed by atoms with Gasteiger partial charge in [-0.25, -0.2) is 0 Å². The molecule has 3 rings (SSSR count). The van der Waals surface area contributed by atoms with Gasteiger partial charge in [-0.3, -0.25) is 15.6 Å². The van der Waals surface area contributed by atoms with Crippen LogP contribution in [0.2, 0.25) is 0 Å². The lowest BCUT2D eigenvalue weighted by atomic mass is 9.90. The first-order valence-electron chi connectivity index (χ1n) is 8.07. The Labute approximate surface area is 151 Å². The number of thiocarbonyl (C=S) groups is 1. The molecule has 6 heteroatoms. The van der Waals surface area contributed by atoms with E-state index in [2.05, 4.69) is 23.1 Å². The summed E-state index contributed by atoms with van der Waals surface area (Å²) in [6.07, 6.45) is 3.35. The van der Waals surface area contributed by atoms with E-state index in [1.165, 1.54) is 16.9 Å². The van der Waals surface area contributed by atoms with Crippen molar-refractivity contribution < 1.29 is 4.79 Å². The zero-order valence-electron chi connectivity index (χ0n) is 13.8. The van der Waals surface area contributed by atoms with Crippen molar-refractivity contribution in [2.45, 2.75) is 33.1 Å². The number of thiophene rings is 1. The third kappa shape index (κ3) is 4.13. The molecule has 0 radical (unpaired) electrons. The number of aryl methyl sites for hydroxylation is 2. The Morgan fingerprint density at radius 2 is 2.12 bits per heavy atom. The minimum Gasteiger partial charge on any atom is -0.331 e. The fraction of sp³-hybridized carbons (Fsp3) is 0.333. The molecule has 3 N–H and O–H groups in total. The molecular formula is C18H21N3OS2. The van der Waals surface area contributed by atoms with E-state index in [4.69, 9.17) is 12.2 Å². The maximum absolute atomic E-state index is 12.3. The van der Waals surface area contributed by atoms with Gasteiger partial charge in [-0.1, -0.05) is 19.1 Å². The number of rotatable bonds is 2. The second-order valence-electron chi connectivity index (χ2n) is 6.31. The molecule has 1 atom stereocenters. The molecule has 1 aromatic carbocycles. The molecule has 1 heterocycles. The summed E-state index contributed by atoms with van der Waals surface area (Å²) < 4.78 is 0. The van der Waals surface area contributed by atoms with E-state index in [9.17, 15) is 4.79 Å². The largest absolute Gasteiger partial charge is 0.331 e. The van der Waals surface area contributed by atoms with Crippen LogP contribution in [0, 0.1) is 12.8 Å². The van der Waals surface area contributed by atoms with Gasteiger partial charge in [0.25, 0.3) is 5.91 Å². The smallest absolute Gasteiger partial charge is 0.279 e. The highest BCUT2D eigenvalue weighted by molar-refractivity contribution is 7.80. The van der Waals surface area contributed by atoms with Crippen molar-refractivity contribution in [1.82, 2.24) is 10.9 Å². The van der Waals surface area contributed by atoms with Crippen molar-refractivity contribution >= 4 is 40.3 Å². The summed E-state index contributed by atoms with van der Waals surface area (Å²) in [5, 5.41) is 3.42. The van der Waals surface area contributed by atoms with Gasteiger partial charge in [0.05, 0.1) is 4.88 Å². The first kappa shape index (κ1) is 16.9. The SMILES string of the molecule is Cc1cccc(NC(=S)NNC(=O)c2cc3c(s2)CC[C@H](C)C3)c1. The van der Waals surface area contributed by atoms with Crippen molar-refractivity contribution in [1.29, 1.82) is 0 Å². The topological polar surface area (TPSA) is 53.2 Å². The molecule has 1 aromatic heterocycles. The van der Waals surface area contributed by atoms with Crippen molar-refractivity contribution in [3.05, 3.63) is 51.2 Å². The fourth-order valence-corrected chi connectivity index (χ4v) is 4.15. The summed E-state index contributed by atoms with van der Waals surface area (Å²) >= 11 is 6.80. The van der Waals surface area contributed by atoms with Crippen molar-refractivity contribution in [3.63, 3.8) is 0 Å². The first-order valence-corrected chi connectivity index (χ1v) is 9.29. The Hall–Kier alpha value is -1.92. The van der Waals surface area contributed by atoms with E-state index < -0.39 is 0 Å².